The largest absolute Gasteiger partial charge is 0.395 e. The minimum absolute atomic E-state index is 0.00563. The zero-order chi connectivity index (χ0) is 15.2. The molecule has 0 radical (unpaired) electrons. The number of aliphatic hydroxyl groups is 1. The molecule has 0 atom stereocenters. The first-order valence-corrected chi connectivity index (χ1v) is 6.93. The van der Waals surface area contributed by atoms with E-state index in [0.717, 1.165) is 31.7 Å². The van der Waals surface area contributed by atoms with E-state index in [0.29, 0.717) is 18.8 Å². The summed E-state index contributed by atoms with van der Waals surface area (Å²) in [6.07, 6.45) is 0. The summed E-state index contributed by atoms with van der Waals surface area (Å²) in [5.74, 6) is 5.28. The summed E-state index contributed by atoms with van der Waals surface area (Å²) >= 11 is 0. The Hall–Kier alpha value is -1.74. The molecular formula is C13H21N5O3. The van der Waals surface area contributed by atoms with Crippen molar-refractivity contribution in [1.29, 1.82) is 0 Å². The van der Waals surface area contributed by atoms with Crippen LogP contribution in [0.3, 0.4) is 0 Å². The lowest BCUT2D eigenvalue weighted by Crippen LogP contribution is -2.46. The fourth-order valence-electron chi connectivity index (χ4n) is 2.52. The maximum absolute atomic E-state index is 11.0. The Morgan fingerprint density at radius 1 is 1.29 bits per heavy atom. The summed E-state index contributed by atoms with van der Waals surface area (Å²) in [6.45, 7) is 5.17. The van der Waals surface area contributed by atoms with Gasteiger partial charge in [-0.3, -0.25) is 25.8 Å². The number of nitrogen functional groups attached to an aromatic ring is 1. The Labute approximate surface area is 123 Å². The van der Waals surface area contributed by atoms with Gasteiger partial charge >= 0.3 is 0 Å². The first kappa shape index (κ1) is 15.6. The third-order valence-electron chi connectivity index (χ3n) is 3.70. The highest BCUT2D eigenvalue weighted by molar-refractivity contribution is 5.61. The summed E-state index contributed by atoms with van der Waals surface area (Å²) in [6, 6.07) is 5.05. The van der Waals surface area contributed by atoms with Crippen molar-refractivity contribution in [2.75, 3.05) is 44.8 Å². The molecule has 1 heterocycles. The lowest BCUT2D eigenvalue weighted by molar-refractivity contribution is -0.384. The molecule has 0 spiro atoms. The zero-order valence-electron chi connectivity index (χ0n) is 11.9. The van der Waals surface area contributed by atoms with Crippen LogP contribution in [-0.4, -0.2) is 59.2 Å². The van der Waals surface area contributed by atoms with Crippen LogP contribution in [0.1, 0.15) is 5.56 Å². The predicted molar refractivity (Wildman–Crippen MR) is 79.7 cm³/mol. The smallest absolute Gasteiger partial charge is 0.293 e. The summed E-state index contributed by atoms with van der Waals surface area (Å²) < 4.78 is 0. The lowest BCUT2D eigenvalue weighted by Gasteiger charge is -2.34. The second-order valence-electron chi connectivity index (χ2n) is 5.09. The van der Waals surface area contributed by atoms with Crippen LogP contribution < -0.4 is 11.3 Å². The minimum atomic E-state index is -0.433. The summed E-state index contributed by atoms with van der Waals surface area (Å²) in [7, 11) is 0. The Morgan fingerprint density at radius 3 is 2.52 bits per heavy atom. The predicted octanol–water partition coefficient (Wildman–Crippen LogP) is -0.00970. The van der Waals surface area contributed by atoms with Gasteiger partial charge in [-0.15, -0.1) is 0 Å². The van der Waals surface area contributed by atoms with Crippen molar-refractivity contribution in [3.63, 3.8) is 0 Å². The van der Waals surface area contributed by atoms with E-state index in [1.807, 2.05) is 6.07 Å². The van der Waals surface area contributed by atoms with Crippen molar-refractivity contribution in [3.05, 3.63) is 33.9 Å². The zero-order valence-corrected chi connectivity index (χ0v) is 11.9. The van der Waals surface area contributed by atoms with Gasteiger partial charge in [0, 0.05) is 45.3 Å². The number of rotatable bonds is 6. The molecule has 1 saturated heterocycles. The molecule has 0 aliphatic carbocycles. The molecule has 0 unspecified atom stereocenters. The maximum atomic E-state index is 11.0. The van der Waals surface area contributed by atoms with E-state index in [4.69, 9.17) is 10.9 Å². The number of nitro groups is 1. The van der Waals surface area contributed by atoms with Crippen molar-refractivity contribution in [1.82, 2.24) is 9.80 Å². The lowest BCUT2D eigenvalue weighted by atomic mass is 10.1. The SMILES string of the molecule is NNc1ccc(CN2CCN(CCO)CC2)cc1[N+](=O)[O-]. The Bertz CT molecular complexity index is 489. The van der Waals surface area contributed by atoms with Crippen LogP contribution in [0.2, 0.25) is 0 Å². The molecule has 0 amide bonds. The van der Waals surface area contributed by atoms with Crippen molar-refractivity contribution in [2.24, 2.45) is 5.84 Å². The van der Waals surface area contributed by atoms with Crippen LogP contribution in [0.15, 0.2) is 18.2 Å². The molecule has 0 saturated carbocycles. The molecule has 2 rings (SSSR count). The van der Waals surface area contributed by atoms with Gasteiger partial charge in [0.05, 0.1) is 11.5 Å². The average molecular weight is 295 g/mol. The molecule has 1 fully saturated rings. The fourth-order valence-corrected chi connectivity index (χ4v) is 2.52. The normalized spacial score (nSPS) is 16.9. The van der Waals surface area contributed by atoms with Crippen LogP contribution in [-0.2, 0) is 6.54 Å². The van der Waals surface area contributed by atoms with E-state index in [-0.39, 0.29) is 12.3 Å². The Kier molecular flexibility index (Phi) is 5.45. The highest BCUT2D eigenvalue weighted by Gasteiger charge is 2.18. The van der Waals surface area contributed by atoms with Gasteiger partial charge in [-0.1, -0.05) is 6.07 Å². The van der Waals surface area contributed by atoms with Crippen LogP contribution in [0.4, 0.5) is 11.4 Å². The number of hydrazine groups is 1. The molecule has 0 aromatic heterocycles. The summed E-state index contributed by atoms with van der Waals surface area (Å²) in [5, 5.41) is 19.9. The van der Waals surface area contributed by atoms with Crippen molar-refractivity contribution < 1.29 is 10.0 Å². The molecule has 8 nitrogen and oxygen atoms in total. The van der Waals surface area contributed by atoms with Crippen molar-refractivity contribution in [2.45, 2.75) is 6.54 Å². The second kappa shape index (κ2) is 7.32. The monoisotopic (exact) mass is 295 g/mol. The molecule has 0 bridgehead atoms. The van der Waals surface area contributed by atoms with Gasteiger partial charge in [0.1, 0.15) is 5.69 Å². The third-order valence-corrected chi connectivity index (χ3v) is 3.70. The fraction of sp³-hybridized carbons (Fsp3) is 0.538. The van der Waals surface area contributed by atoms with Gasteiger partial charge < -0.3 is 10.5 Å². The van der Waals surface area contributed by atoms with E-state index < -0.39 is 4.92 Å². The van der Waals surface area contributed by atoms with Gasteiger partial charge in [0.15, 0.2) is 0 Å². The Balaban J connectivity index is 1.97. The van der Waals surface area contributed by atoms with Gasteiger partial charge in [-0.05, 0) is 11.6 Å². The molecule has 21 heavy (non-hydrogen) atoms. The second-order valence-corrected chi connectivity index (χ2v) is 5.09. The summed E-state index contributed by atoms with van der Waals surface area (Å²) in [5.41, 5.74) is 3.55. The van der Waals surface area contributed by atoms with Crippen molar-refractivity contribution in [3.8, 4) is 0 Å². The number of hydrogen-bond acceptors (Lipinski definition) is 7. The van der Waals surface area contributed by atoms with E-state index >= 15 is 0 Å². The number of β-amino-alcohol motifs (C(OH)–C–C–N with tert-alkyl or cyclic N) is 1. The maximum Gasteiger partial charge on any atom is 0.293 e. The standard InChI is InChI=1S/C13H21N5O3/c14-15-12-2-1-11(9-13(12)18(20)21)10-17-5-3-16(4-6-17)7-8-19/h1-2,9,15,19H,3-8,10,14H2. The first-order chi connectivity index (χ1) is 10.1. The first-order valence-electron chi connectivity index (χ1n) is 6.93. The topological polar surface area (TPSA) is 108 Å². The van der Waals surface area contributed by atoms with E-state index in [1.54, 1.807) is 12.1 Å². The Morgan fingerprint density at radius 2 is 1.95 bits per heavy atom. The van der Waals surface area contributed by atoms with Crippen LogP contribution >= 0.6 is 0 Å². The minimum Gasteiger partial charge on any atom is -0.395 e. The number of nitro benzene ring substituents is 1. The molecule has 1 aliphatic rings. The number of anilines is 1. The van der Waals surface area contributed by atoms with Gasteiger partial charge in [-0.25, -0.2) is 0 Å². The quantitative estimate of drug-likeness (QED) is 0.385. The molecular weight excluding hydrogens is 274 g/mol. The number of hydrogen-bond donors (Lipinski definition) is 3. The van der Waals surface area contributed by atoms with Gasteiger partial charge in [0.25, 0.3) is 5.69 Å². The number of piperazine rings is 1. The number of nitrogens with zero attached hydrogens (tertiary/aromatic N) is 3. The van der Waals surface area contributed by atoms with E-state index in [9.17, 15) is 10.1 Å². The van der Waals surface area contributed by atoms with Crippen molar-refractivity contribution >= 4 is 11.4 Å². The molecule has 1 aromatic rings. The average Bonchev–Trinajstić information content (AvgIpc) is 2.49. The van der Waals surface area contributed by atoms with E-state index in [2.05, 4.69) is 15.2 Å². The number of benzene rings is 1. The van der Waals surface area contributed by atoms with Gasteiger partial charge in [0.2, 0.25) is 0 Å². The molecule has 4 N–H and O–H groups in total. The van der Waals surface area contributed by atoms with Gasteiger partial charge in [-0.2, -0.15) is 0 Å². The van der Waals surface area contributed by atoms with Crippen LogP contribution in [0.5, 0.6) is 0 Å². The summed E-state index contributed by atoms with van der Waals surface area (Å²) in [4.78, 5) is 15.0. The van der Waals surface area contributed by atoms with Crippen LogP contribution in [0.25, 0.3) is 0 Å². The molecule has 116 valence electrons. The molecule has 8 heteroatoms. The third kappa shape index (κ3) is 4.11. The van der Waals surface area contributed by atoms with E-state index in [1.165, 1.54) is 0 Å². The molecule has 1 aliphatic heterocycles. The number of nitrogens with one attached hydrogen (secondary N) is 1. The molecule has 1 aromatic carbocycles. The highest BCUT2D eigenvalue weighted by atomic mass is 16.6. The van der Waals surface area contributed by atoms with Crippen LogP contribution in [0, 0.1) is 10.1 Å². The number of nitrogens with two attached hydrogens (primary N) is 1. The highest BCUT2D eigenvalue weighted by Crippen LogP contribution is 2.25. The number of aliphatic hydroxyl groups excluding tert-OH is 1.